The Kier molecular flexibility index (Phi) is 15.7. The SMILES string of the molecule is CC(C)N1CCn2c(Cc3ccccc3C3=CCCCC3)nc(=O)c(OCc3ccccc3)c2C1=O.CC(C)N1CCn2c(Cc3ccccc3C3=CCCCC3)nc(=O)c(OCc3ccccc3)c2C1=O. The number of carbonyl (C=O) groups is 2. The smallest absolute Gasteiger partial charge is 0.316 e. The van der Waals surface area contributed by atoms with Crippen LogP contribution in [-0.2, 0) is 39.1 Å². The van der Waals surface area contributed by atoms with Crippen LogP contribution in [0.5, 0.6) is 11.5 Å². The van der Waals surface area contributed by atoms with Crippen molar-refractivity contribution in [1.82, 2.24) is 28.9 Å². The van der Waals surface area contributed by atoms with E-state index >= 15 is 0 Å². The number of aromatic nitrogens is 4. The Morgan fingerprint density at radius 2 is 0.875 bits per heavy atom. The Hall–Kier alpha value is -7.34. The van der Waals surface area contributed by atoms with Gasteiger partial charge in [-0.25, -0.2) is 0 Å². The molecule has 4 aliphatic rings. The van der Waals surface area contributed by atoms with Crippen LogP contribution >= 0.6 is 0 Å². The maximum atomic E-state index is 13.6. The molecule has 0 atom stereocenters. The molecule has 2 amide bonds. The first-order valence-electron chi connectivity index (χ1n) is 25.8. The lowest BCUT2D eigenvalue weighted by atomic mass is 9.90. The molecule has 0 spiro atoms. The normalized spacial score (nSPS) is 15.6. The van der Waals surface area contributed by atoms with Crippen LogP contribution in [0.1, 0.15) is 145 Å². The summed E-state index contributed by atoms with van der Waals surface area (Å²) >= 11 is 0. The summed E-state index contributed by atoms with van der Waals surface area (Å²) < 4.78 is 15.8. The molecule has 72 heavy (non-hydrogen) atoms. The van der Waals surface area contributed by atoms with Crippen LogP contribution < -0.4 is 20.6 Å². The van der Waals surface area contributed by atoms with E-state index in [2.05, 4.69) is 58.5 Å². The summed E-state index contributed by atoms with van der Waals surface area (Å²) in [5, 5.41) is 0. The molecule has 6 aromatic rings. The van der Waals surface area contributed by atoms with Gasteiger partial charge in [0.05, 0.1) is 0 Å². The van der Waals surface area contributed by atoms with Gasteiger partial charge in [0.25, 0.3) is 11.8 Å². The van der Waals surface area contributed by atoms with Crippen molar-refractivity contribution in [2.24, 2.45) is 0 Å². The summed E-state index contributed by atoms with van der Waals surface area (Å²) in [6.07, 6.45) is 14.8. The third-order valence-electron chi connectivity index (χ3n) is 14.2. The molecule has 0 saturated heterocycles. The first-order chi connectivity index (χ1) is 35.0. The molecule has 0 fully saturated rings. The molecule has 0 radical (unpaired) electrons. The van der Waals surface area contributed by atoms with E-state index in [1.54, 1.807) is 9.80 Å². The molecule has 2 aliphatic carbocycles. The lowest BCUT2D eigenvalue weighted by Crippen LogP contribution is -2.46. The molecule has 372 valence electrons. The molecule has 12 heteroatoms. The van der Waals surface area contributed by atoms with E-state index in [9.17, 15) is 19.2 Å². The van der Waals surface area contributed by atoms with E-state index in [1.165, 1.54) is 48.0 Å². The maximum Gasteiger partial charge on any atom is 0.316 e. The predicted octanol–water partition coefficient (Wildman–Crippen LogP) is 10.5. The number of hydrogen-bond acceptors (Lipinski definition) is 8. The third kappa shape index (κ3) is 11.1. The Balaban J connectivity index is 0.000000178. The molecular formula is C60H66N6O6. The highest BCUT2D eigenvalue weighted by atomic mass is 16.5. The highest BCUT2D eigenvalue weighted by molar-refractivity contribution is 5.96. The average Bonchev–Trinajstić information content (AvgIpc) is 3.40. The molecule has 0 unspecified atom stereocenters. The van der Waals surface area contributed by atoms with Gasteiger partial charge in [0.2, 0.25) is 11.5 Å². The number of hydrogen-bond donors (Lipinski definition) is 0. The van der Waals surface area contributed by atoms with Gasteiger partial charge in [0, 0.05) is 51.1 Å². The number of carbonyl (C=O) groups excluding carboxylic acids is 2. The van der Waals surface area contributed by atoms with Crippen molar-refractivity contribution >= 4 is 23.0 Å². The minimum Gasteiger partial charge on any atom is -0.481 e. The number of amides is 2. The Labute approximate surface area is 422 Å². The highest BCUT2D eigenvalue weighted by Crippen LogP contribution is 2.33. The van der Waals surface area contributed by atoms with E-state index in [1.807, 2.05) is 110 Å². The van der Waals surface area contributed by atoms with Crippen molar-refractivity contribution in [3.63, 3.8) is 0 Å². The number of ether oxygens (including phenoxy) is 2. The predicted molar refractivity (Wildman–Crippen MR) is 282 cm³/mol. The summed E-state index contributed by atoms with van der Waals surface area (Å²) in [4.78, 5) is 66.4. The Morgan fingerprint density at radius 3 is 1.25 bits per heavy atom. The van der Waals surface area contributed by atoms with Gasteiger partial charge in [-0.15, -0.1) is 0 Å². The monoisotopic (exact) mass is 967 g/mol. The van der Waals surface area contributed by atoms with Gasteiger partial charge >= 0.3 is 11.1 Å². The number of nitrogens with zero attached hydrogens (tertiary/aromatic N) is 6. The minimum absolute atomic E-state index is 0.0268. The number of allylic oxidation sites excluding steroid dienone is 4. The van der Waals surface area contributed by atoms with Crippen LogP contribution in [0.25, 0.3) is 11.1 Å². The molecule has 4 heterocycles. The van der Waals surface area contributed by atoms with E-state index in [-0.39, 0.29) is 48.6 Å². The van der Waals surface area contributed by atoms with Crippen LogP contribution in [-0.4, -0.2) is 65.9 Å². The fourth-order valence-corrected chi connectivity index (χ4v) is 10.4. The van der Waals surface area contributed by atoms with Crippen LogP contribution in [0.2, 0.25) is 0 Å². The summed E-state index contributed by atoms with van der Waals surface area (Å²) in [5.41, 5.74) is 8.94. The summed E-state index contributed by atoms with van der Waals surface area (Å²) in [6.45, 7) is 10.7. The Morgan fingerprint density at radius 1 is 0.486 bits per heavy atom. The second-order valence-electron chi connectivity index (χ2n) is 19.7. The maximum absolute atomic E-state index is 13.6. The lowest BCUT2D eigenvalue weighted by Gasteiger charge is -2.34. The molecule has 0 N–H and O–H groups in total. The molecular weight excluding hydrogens is 901 g/mol. The fourth-order valence-electron chi connectivity index (χ4n) is 10.4. The third-order valence-corrected chi connectivity index (χ3v) is 14.2. The van der Waals surface area contributed by atoms with Gasteiger partial charge in [-0.3, -0.25) is 19.2 Å². The van der Waals surface area contributed by atoms with E-state index in [0.717, 1.165) is 47.9 Å². The van der Waals surface area contributed by atoms with Gasteiger partial charge in [-0.1, -0.05) is 121 Å². The second-order valence-corrected chi connectivity index (χ2v) is 19.7. The van der Waals surface area contributed by atoms with Crippen LogP contribution in [0.3, 0.4) is 0 Å². The van der Waals surface area contributed by atoms with Crippen molar-refractivity contribution in [2.45, 2.75) is 130 Å². The topological polar surface area (TPSA) is 129 Å². The van der Waals surface area contributed by atoms with Gasteiger partial charge in [-0.2, -0.15) is 9.97 Å². The van der Waals surface area contributed by atoms with Gasteiger partial charge in [-0.05, 0) is 124 Å². The van der Waals surface area contributed by atoms with Gasteiger partial charge < -0.3 is 28.4 Å². The molecule has 4 aromatic carbocycles. The molecule has 0 bridgehead atoms. The molecule has 2 aromatic heterocycles. The van der Waals surface area contributed by atoms with Crippen molar-refractivity contribution < 1.29 is 19.1 Å². The minimum atomic E-state index is -0.486. The number of benzene rings is 4. The number of rotatable bonds is 14. The summed E-state index contributed by atoms with van der Waals surface area (Å²) in [7, 11) is 0. The van der Waals surface area contributed by atoms with E-state index in [4.69, 9.17) is 9.47 Å². The first-order valence-corrected chi connectivity index (χ1v) is 25.8. The van der Waals surface area contributed by atoms with Gasteiger partial charge in [0.15, 0.2) is 11.4 Å². The molecule has 0 saturated carbocycles. The van der Waals surface area contributed by atoms with Crippen molar-refractivity contribution in [3.8, 4) is 11.5 Å². The molecule has 2 aliphatic heterocycles. The van der Waals surface area contributed by atoms with Crippen molar-refractivity contribution in [1.29, 1.82) is 0 Å². The van der Waals surface area contributed by atoms with Crippen LogP contribution in [0.15, 0.2) is 131 Å². The zero-order valence-corrected chi connectivity index (χ0v) is 42.1. The van der Waals surface area contributed by atoms with E-state index < -0.39 is 11.1 Å². The number of fused-ring (bicyclic) bond motifs is 2. The van der Waals surface area contributed by atoms with Crippen molar-refractivity contribution in [2.75, 3.05) is 13.1 Å². The second kappa shape index (κ2) is 22.8. The fraction of sp³-hybridized carbons (Fsp3) is 0.367. The molecule has 12 nitrogen and oxygen atoms in total. The first kappa shape index (κ1) is 49.6. The van der Waals surface area contributed by atoms with Crippen LogP contribution in [0, 0.1) is 0 Å². The zero-order valence-electron chi connectivity index (χ0n) is 42.1. The Bertz CT molecular complexity index is 2890. The summed E-state index contributed by atoms with van der Waals surface area (Å²) in [5.74, 6) is 0.958. The largest absolute Gasteiger partial charge is 0.481 e. The van der Waals surface area contributed by atoms with Crippen molar-refractivity contribution in [3.05, 3.63) is 198 Å². The lowest BCUT2D eigenvalue weighted by molar-refractivity contribution is 0.0626. The summed E-state index contributed by atoms with van der Waals surface area (Å²) in [6, 6.07) is 36.1. The standard InChI is InChI=1S/2C30H33N3O3/c2*1-21(2)32-17-18-33-26(19-24-15-9-10-16-25(24)23-13-7-4-8-14-23)31-29(34)28(27(33)30(32)35)36-20-22-11-5-3-6-12-22/h2*3,5-6,9-13,15-16,21H,4,7-8,14,17-20H2,1-2H3. The zero-order chi connectivity index (χ0) is 50.1. The quantitative estimate of drug-likeness (QED) is 0.106. The average molecular weight is 967 g/mol. The van der Waals surface area contributed by atoms with Crippen LogP contribution in [0.4, 0.5) is 0 Å². The highest BCUT2D eigenvalue weighted by Gasteiger charge is 2.35. The van der Waals surface area contributed by atoms with Gasteiger partial charge in [0.1, 0.15) is 24.9 Å². The molecule has 10 rings (SSSR count). The van der Waals surface area contributed by atoms with E-state index in [0.29, 0.717) is 62.1 Å².